The Morgan fingerprint density at radius 2 is 0.714 bits per heavy atom. The number of hydrogen-bond donors (Lipinski definition) is 0. The van der Waals surface area contributed by atoms with Crippen molar-refractivity contribution in [3.63, 3.8) is 0 Å². The monoisotopic (exact) mass is 268 g/mol. The summed E-state index contributed by atoms with van der Waals surface area (Å²) < 4.78 is 0. The zero-order chi connectivity index (χ0) is 3.58. The van der Waals surface area contributed by atoms with Crippen molar-refractivity contribution in [2.75, 3.05) is 0 Å². The van der Waals surface area contributed by atoms with E-state index in [1.165, 1.54) is 0 Å². The molecule has 0 amide bonds. The average Bonchev–Trinajstić information content (AvgIpc) is 0.811. The van der Waals surface area contributed by atoms with E-state index in [9.17, 15) is 0 Å². The van der Waals surface area contributed by atoms with Crippen molar-refractivity contribution >= 4 is 8.60 Å². The molecule has 0 aliphatic rings. The first-order valence-electron chi connectivity index (χ1n) is 0.548. The molecule has 0 unspecified atom stereocenters. The van der Waals surface area contributed by atoms with Gasteiger partial charge in [0.25, 0.3) is 0 Å². The molecule has 0 saturated carbocycles. The van der Waals surface area contributed by atoms with Gasteiger partial charge in [0.1, 0.15) is 0 Å². The molecule has 0 aliphatic heterocycles. The first-order valence-corrected chi connectivity index (χ1v) is 1.64. The summed E-state index contributed by atoms with van der Waals surface area (Å²) in [6.07, 6.45) is 0. The average molecular weight is 270 g/mol. The van der Waals surface area contributed by atoms with Crippen LogP contribution >= 0.6 is 8.60 Å². The van der Waals surface area contributed by atoms with Gasteiger partial charge in [-0.1, -0.05) is 0 Å². The molecule has 0 aromatic heterocycles. The van der Waals surface area contributed by atoms with E-state index in [0.717, 1.165) is 0 Å². The maximum absolute atomic E-state index is 8.48. The maximum Gasteiger partial charge on any atom is 1.00 e. The van der Waals surface area contributed by atoms with E-state index in [0.29, 0.717) is 0 Å². The Hall–Kier alpha value is 1.87. The summed E-state index contributed by atoms with van der Waals surface area (Å²) in [7, 11) is -3.37. The smallest absolute Gasteiger partial charge is 0.854 e. The molecule has 0 atom stereocenters. The molecule has 0 aromatic rings. The van der Waals surface area contributed by atoms with E-state index in [2.05, 4.69) is 0 Å². The van der Waals surface area contributed by atoms with Crippen LogP contribution in [0.25, 0.3) is 0 Å². The summed E-state index contributed by atoms with van der Waals surface area (Å²) in [5.74, 6) is 0. The quantitative estimate of drug-likeness (QED) is 0.355. The van der Waals surface area contributed by atoms with Gasteiger partial charge in [0.15, 0.2) is 0 Å². The van der Waals surface area contributed by atoms with Crippen molar-refractivity contribution in [1.82, 2.24) is 0 Å². The van der Waals surface area contributed by atoms with Gasteiger partial charge in [-0.3, -0.25) is 0 Å². The van der Waals surface area contributed by atoms with Gasteiger partial charge in [0.2, 0.25) is 0 Å². The SMILES string of the molecule is [Cu+].[Cu+].[Cu+].[O-]P([O-])[O-]. The second-order valence-electron chi connectivity index (χ2n) is 0.224. The van der Waals surface area contributed by atoms with Gasteiger partial charge < -0.3 is 23.3 Å². The first kappa shape index (κ1) is 23.2. The second kappa shape index (κ2) is 15.7. The molecular weight excluding hydrogens is 270 g/mol. The molecule has 0 fully saturated rings. The predicted octanol–water partition coefficient (Wildman–Crippen LogP) is -2.71. The number of hydrogen-bond acceptors (Lipinski definition) is 3. The molecule has 0 aliphatic carbocycles. The van der Waals surface area contributed by atoms with Crippen molar-refractivity contribution in [2.24, 2.45) is 0 Å². The first-order chi connectivity index (χ1) is 1.73. The van der Waals surface area contributed by atoms with Crippen LogP contribution in [0.2, 0.25) is 0 Å². The van der Waals surface area contributed by atoms with Crippen LogP contribution in [0.3, 0.4) is 0 Å². The third kappa shape index (κ3) is 77.6. The van der Waals surface area contributed by atoms with Gasteiger partial charge >= 0.3 is 51.2 Å². The molecule has 0 rings (SSSR count). The van der Waals surface area contributed by atoms with Gasteiger partial charge in [0, 0.05) is 0 Å². The summed E-state index contributed by atoms with van der Waals surface area (Å²) in [6, 6.07) is 0. The molecule has 3 nitrogen and oxygen atoms in total. The number of rotatable bonds is 0. The van der Waals surface area contributed by atoms with E-state index in [-0.39, 0.29) is 51.2 Å². The van der Waals surface area contributed by atoms with Gasteiger partial charge in [-0.15, -0.1) is 0 Å². The summed E-state index contributed by atoms with van der Waals surface area (Å²) in [4.78, 5) is 25.4. The minimum absolute atomic E-state index is 0. The van der Waals surface area contributed by atoms with Gasteiger partial charge in [0.05, 0.1) is 0 Å². The van der Waals surface area contributed by atoms with E-state index in [4.69, 9.17) is 14.7 Å². The third-order valence-electron chi connectivity index (χ3n) is 0. The van der Waals surface area contributed by atoms with Crippen LogP contribution in [0.5, 0.6) is 0 Å². The topological polar surface area (TPSA) is 69.2 Å². The van der Waals surface area contributed by atoms with E-state index >= 15 is 0 Å². The Labute approximate surface area is 74.3 Å². The van der Waals surface area contributed by atoms with Crippen LogP contribution in [0, 0.1) is 0 Å². The third-order valence-corrected chi connectivity index (χ3v) is 0. The Morgan fingerprint density at radius 1 is 0.714 bits per heavy atom. The Kier molecular flexibility index (Phi) is 51.8. The normalized spacial score (nSPS) is 5.14. The fourth-order valence-corrected chi connectivity index (χ4v) is 0. The molecular formula is Cu3O3P. The molecule has 0 N–H and O–H groups in total. The summed E-state index contributed by atoms with van der Waals surface area (Å²) >= 11 is 0. The van der Waals surface area contributed by atoms with Crippen LogP contribution in [-0.4, -0.2) is 0 Å². The molecule has 0 saturated heterocycles. The van der Waals surface area contributed by atoms with Crippen molar-refractivity contribution in [1.29, 1.82) is 0 Å². The van der Waals surface area contributed by atoms with Crippen LogP contribution in [0.15, 0.2) is 0 Å². The molecule has 7 heteroatoms. The standard InChI is InChI=1S/3Cu.O3P/c;;;1-4(2)3/q3*+1;-3. The van der Waals surface area contributed by atoms with E-state index < -0.39 is 8.60 Å². The summed E-state index contributed by atoms with van der Waals surface area (Å²) in [5.41, 5.74) is 0. The Morgan fingerprint density at radius 3 is 0.714 bits per heavy atom. The molecule has 0 spiro atoms. The summed E-state index contributed by atoms with van der Waals surface area (Å²) in [5, 5.41) is 0. The zero-order valence-corrected chi connectivity index (χ0v) is 6.30. The largest absolute Gasteiger partial charge is 1.00 e. The minimum atomic E-state index is -3.37. The molecule has 56 valence electrons. The Balaban J connectivity index is -0.0000000150. The Bertz CT molecular complexity index is 14.9. The van der Waals surface area contributed by atoms with Gasteiger partial charge in [-0.05, 0) is 0 Å². The molecule has 0 heterocycles. The van der Waals surface area contributed by atoms with Crippen LogP contribution in [0.4, 0.5) is 0 Å². The van der Waals surface area contributed by atoms with Crippen molar-refractivity contribution in [2.45, 2.75) is 0 Å². The van der Waals surface area contributed by atoms with Crippen LogP contribution in [0.1, 0.15) is 0 Å². The predicted molar refractivity (Wildman–Crippen MR) is 6.92 cm³/mol. The fraction of sp³-hybridized carbons (Fsp3) is 0. The molecule has 0 bridgehead atoms. The van der Waals surface area contributed by atoms with Crippen molar-refractivity contribution < 1.29 is 65.9 Å². The van der Waals surface area contributed by atoms with Crippen LogP contribution in [-0.2, 0) is 51.2 Å². The van der Waals surface area contributed by atoms with Crippen molar-refractivity contribution in [3.8, 4) is 0 Å². The van der Waals surface area contributed by atoms with Crippen LogP contribution < -0.4 is 14.7 Å². The van der Waals surface area contributed by atoms with Gasteiger partial charge in [-0.25, -0.2) is 0 Å². The second-order valence-corrected chi connectivity index (χ2v) is 0.671. The van der Waals surface area contributed by atoms with E-state index in [1.807, 2.05) is 0 Å². The zero-order valence-electron chi connectivity index (χ0n) is 2.58. The fourth-order valence-electron chi connectivity index (χ4n) is 0. The molecule has 7 heavy (non-hydrogen) atoms. The molecule has 0 radical (unpaired) electrons. The van der Waals surface area contributed by atoms with Crippen molar-refractivity contribution in [3.05, 3.63) is 0 Å². The molecule has 0 aromatic carbocycles. The maximum atomic E-state index is 8.48. The minimum Gasteiger partial charge on any atom is -0.854 e. The van der Waals surface area contributed by atoms with Gasteiger partial charge in [-0.2, -0.15) is 0 Å². The summed E-state index contributed by atoms with van der Waals surface area (Å²) in [6.45, 7) is 0. The van der Waals surface area contributed by atoms with E-state index in [1.54, 1.807) is 0 Å².